The number of nitrogens with zero attached hydrogens (tertiary/aromatic N) is 1. The van der Waals surface area contributed by atoms with Gasteiger partial charge in [-0.3, -0.25) is 4.90 Å². The van der Waals surface area contributed by atoms with Crippen molar-refractivity contribution in [3.05, 3.63) is 65.2 Å². The molecular weight excluding hydrogens is 254 g/mol. The first kappa shape index (κ1) is 14.1. The van der Waals surface area contributed by atoms with Gasteiger partial charge in [0.25, 0.3) is 0 Å². The minimum Gasteiger partial charge on any atom is -0.299 e. The molecule has 0 unspecified atom stereocenters. The van der Waals surface area contributed by atoms with Crippen molar-refractivity contribution < 1.29 is 0 Å². The van der Waals surface area contributed by atoms with Crippen molar-refractivity contribution in [1.82, 2.24) is 4.90 Å². The number of likely N-dealkylation sites (N-methyl/N-ethyl adjacent to an activating group) is 1. The van der Waals surface area contributed by atoms with Crippen LogP contribution in [0, 0.1) is 0 Å². The molecule has 0 amide bonds. The summed E-state index contributed by atoms with van der Waals surface area (Å²) < 4.78 is 0. The molecule has 0 saturated carbocycles. The van der Waals surface area contributed by atoms with Crippen LogP contribution in [0.5, 0.6) is 0 Å². The Bertz CT molecular complexity index is 640. The lowest BCUT2D eigenvalue weighted by atomic mass is 9.88. The van der Waals surface area contributed by atoms with E-state index < -0.39 is 0 Å². The molecule has 1 aliphatic rings. The number of hydrogen-bond acceptors (Lipinski definition) is 1. The molecule has 0 spiro atoms. The minimum atomic E-state index is 1.08. The predicted octanol–water partition coefficient (Wildman–Crippen LogP) is 4.76. The first-order valence-corrected chi connectivity index (χ1v) is 7.88. The smallest absolute Gasteiger partial charge is 0.0236 e. The van der Waals surface area contributed by atoms with E-state index >= 15 is 0 Å². The second kappa shape index (κ2) is 6.28. The van der Waals surface area contributed by atoms with Crippen molar-refractivity contribution in [2.45, 2.75) is 26.8 Å². The Labute approximate surface area is 127 Å². The van der Waals surface area contributed by atoms with E-state index in [9.17, 15) is 0 Å². The van der Waals surface area contributed by atoms with Crippen molar-refractivity contribution in [2.24, 2.45) is 0 Å². The summed E-state index contributed by atoms with van der Waals surface area (Å²) in [6.07, 6.45) is 5.48. The van der Waals surface area contributed by atoms with Crippen LogP contribution >= 0.6 is 0 Å². The quantitative estimate of drug-likeness (QED) is 0.781. The van der Waals surface area contributed by atoms with Crippen molar-refractivity contribution in [3.8, 4) is 11.1 Å². The van der Waals surface area contributed by atoms with Crippen LogP contribution in [0.2, 0.25) is 0 Å². The number of allylic oxidation sites excluding steroid dienone is 1. The largest absolute Gasteiger partial charge is 0.299 e. The van der Waals surface area contributed by atoms with Gasteiger partial charge < -0.3 is 0 Å². The summed E-state index contributed by atoms with van der Waals surface area (Å²) in [6.45, 7) is 7.72. The summed E-state index contributed by atoms with van der Waals surface area (Å²) in [6, 6.07) is 15.5. The summed E-state index contributed by atoms with van der Waals surface area (Å²) in [7, 11) is 0. The second-order valence-electron chi connectivity index (χ2n) is 5.69. The summed E-state index contributed by atoms with van der Waals surface area (Å²) in [4.78, 5) is 2.52. The van der Waals surface area contributed by atoms with Crippen LogP contribution < -0.4 is 0 Å². The molecule has 3 rings (SSSR count). The number of hydrogen-bond donors (Lipinski definition) is 0. The first-order valence-electron chi connectivity index (χ1n) is 7.88. The second-order valence-corrected chi connectivity index (χ2v) is 5.69. The molecule has 0 N–H and O–H groups in total. The van der Waals surface area contributed by atoms with Crippen LogP contribution in [-0.4, -0.2) is 18.0 Å². The molecule has 2 aromatic carbocycles. The fourth-order valence-electron chi connectivity index (χ4n) is 3.22. The number of fused-ring (bicyclic) bond motifs is 1. The number of rotatable bonds is 3. The van der Waals surface area contributed by atoms with E-state index in [1.165, 1.54) is 28.8 Å². The highest BCUT2D eigenvalue weighted by Crippen LogP contribution is 2.32. The van der Waals surface area contributed by atoms with Crippen molar-refractivity contribution >= 4 is 6.08 Å². The third-order valence-electron chi connectivity index (χ3n) is 4.33. The maximum Gasteiger partial charge on any atom is 0.0236 e. The van der Waals surface area contributed by atoms with Crippen LogP contribution in [-0.2, 0) is 13.0 Å². The third kappa shape index (κ3) is 2.93. The monoisotopic (exact) mass is 277 g/mol. The fraction of sp³-hybridized carbons (Fsp3) is 0.300. The zero-order valence-electron chi connectivity index (χ0n) is 13.0. The molecule has 2 aromatic rings. The molecule has 1 nitrogen and oxygen atoms in total. The molecular formula is C20H23N. The van der Waals surface area contributed by atoms with Crippen molar-refractivity contribution in [3.63, 3.8) is 0 Å². The van der Waals surface area contributed by atoms with Gasteiger partial charge in [-0.05, 0) is 53.8 Å². The van der Waals surface area contributed by atoms with Gasteiger partial charge in [0.2, 0.25) is 0 Å². The molecule has 0 saturated heterocycles. The van der Waals surface area contributed by atoms with Crippen LogP contribution in [0.15, 0.2) is 48.5 Å². The van der Waals surface area contributed by atoms with E-state index in [-0.39, 0.29) is 0 Å². The van der Waals surface area contributed by atoms with Gasteiger partial charge in [-0.25, -0.2) is 0 Å². The van der Waals surface area contributed by atoms with Crippen LogP contribution in [0.4, 0.5) is 0 Å². The Kier molecular flexibility index (Phi) is 4.21. The molecule has 108 valence electrons. The first-order chi connectivity index (χ1) is 10.3. The zero-order valence-corrected chi connectivity index (χ0v) is 13.0. The fourth-order valence-corrected chi connectivity index (χ4v) is 3.22. The molecule has 1 heterocycles. The molecule has 0 fully saturated rings. The zero-order chi connectivity index (χ0) is 14.7. The molecule has 0 aliphatic carbocycles. The summed E-state index contributed by atoms with van der Waals surface area (Å²) in [5.41, 5.74) is 7.10. The van der Waals surface area contributed by atoms with Crippen molar-refractivity contribution in [1.29, 1.82) is 0 Å². The Balaban J connectivity index is 2.12. The lowest BCUT2D eigenvalue weighted by molar-refractivity contribution is 0.268. The van der Waals surface area contributed by atoms with Gasteiger partial charge >= 0.3 is 0 Å². The Morgan fingerprint density at radius 3 is 2.67 bits per heavy atom. The van der Waals surface area contributed by atoms with Crippen molar-refractivity contribution in [2.75, 3.05) is 13.1 Å². The molecule has 0 atom stereocenters. The van der Waals surface area contributed by atoms with E-state index in [4.69, 9.17) is 0 Å². The Morgan fingerprint density at radius 1 is 1.14 bits per heavy atom. The van der Waals surface area contributed by atoms with E-state index in [0.717, 1.165) is 19.5 Å². The minimum absolute atomic E-state index is 1.08. The van der Waals surface area contributed by atoms with Crippen LogP contribution in [0.3, 0.4) is 0 Å². The molecule has 0 radical (unpaired) electrons. The van der Waals surface area contributed by atoms with Crippen LogP contribution in [0.25, 0.3) is 17.2 Å². The van der Waals surface area contributed by atoms with E-state index in [2.05, 4.69) is 73.4 Å². The highest BCUT2D eigenvalue weighted by Gasteiger charge is 2.19. The summed E-state index contributed by atoms with van der Waals surface area (Å²) in [5.74, 6) is 0. The molecule has 0 bridgehead atoms. The lowest BCUT2D eigenvalue weighted by Gasteiger charge is -2.29. The van der Waals surface area contributed by atoms with Gasteiger partial charge in [-0.1, -0.05) is 55.5 Å². The summed E-state index contributed by atoms with van der Waals surface area (Å²) >= 11 is 0. The van der Waals surface area contributed by atoms with E-state index in [0.29, 0.717) is 0 Å². The maximum atomic E-state index is 2.52. The Morgan fingerprint density at radius 2 is 1.95 bits per heavy atom. The lowest BCUT2D eigenvalue weighted by Crippen LogP contribution is -2.30. The van der Waals surface area contributed by atoms with E-state index in [1.807, 2.05) is 0 Å². The maximum absolute atomic E-state index is 2.52. The predicted molar refractivity (Wildman–Crippen MR) is 91.2 cm³/mol. The topological polar surface area (TPSA) is 3.24 Å². The molecule has 1 heteroatoms. The van der Waals surface area contributed by atoms with Gasteiger partial charge in [0, 0.05) is 13.1 Å². The van der Waals surface area contributed by atoms with Gasteiger partial charge in [0.15, 0.2) is 0 Å². The van der Waals surface area contributed by atoms with Crippen LogP contribution in [0.1, 0.15) is 30.5 Å². The standard InChI is InChI=1S/C20H23N/c1-3-8-16-13-18-15-21(4-2)12-11-19(18)20(14-16)17-9-6-5-7-10-17/h3,5-10,13-14H,4,11-12,15H2,1-2H3/b8-3-. The average molecular weight is 277 g/mol. The van der Waals surface area contributed by atoms with Gasteiger partial charge in [-0.15, -0.1) is 0 Å². The average Bonchev–Trinajstić information content (AvgIpc) is 2.54. The molecule has 21 heavy (non-hydrogen) atoms. The highest BCUT2D eigenvalue weighted by molar-refractivity contribution is 5.73. The normalized spacial score (nSPS) is 15.3. The number of benzene rings is 2. The van der Waals surface area contributed by atoms with Gasteiger partial charge in [0.05, 0.1) is 0 Å². The SMILES string of the molecule is C/C=C\c1cc2c(c(-c3ccccc3)c1)CCN(CC)C2. The molecule has 1 aliphatic heterocycles. The summed E-state index contributed by atoms with van der Waals surface area (Å²) in [5, 5.41) is 0. The Hall–Kier alpha value is -1.86. The van der Waals surface area contributed by atoms with Gasteiger partial charge in [-0.2, -0.15) is 0 Å². The van der Waals surface area contributed by atoms with Gasteiger partial charge in [0.1, 0.15) is 0 Å². The molecule has 0 aromatic heterocycles. The third-order valence-corrected chi connectivity index (χ3v) is 4.33. The van der Waals surface area contributed by atoms with E-state index in [1.54, 1.807) is 5.56 Å². The highest BCUT2D eigenvalue weighted by atomic mass is 15.1.